The summed E-state index contributed by atoms with van der Waals surface area (Å²) in [6.45, 7) is 11.6. The van der Waals surface area contributed by atoms with E-state index in [0.29, 0.717) is 35.9 Å². The Balaban J connectivity index is 1.30. The van der Waals surface area contributed by atoms with Crippen LogP contribution in [-0.4, -0.2) is 57.8 Å². The molecule has 0 N–H and O–H groups in total. The van der Waals surface area contributed by atoms with Crippen molar-refractivity contribution in [2.75, 3.05) is 25.0 Å². The molecule has 1 aliphatic carbocycles. The van der Waals surface area contributed by atoms with E-state index >= 15 is 0 Å². The summed E-state index contributed by atoms with van der Waals surface area (Å²) >= 11 is 0. The van der Waals surface area contributed by atoms with Crippen molar-refractivity contribution in [3.05, 3.63) is 47.2 Å². The highest BCUT2D eigenvalue weighted by molar-refractivity contribution is 5.72. The first-order valence-electron chi connectivity index (χ1n) is 13.7. The number of nitrogens with zero attached hydrogens (tertiary/aromatic N) is 6. The van der Waals surface area contributed by atoms with Gasteiger partial charge in [-0.25, -0.2) is 4.98 Å². The molecule has 1 fully saturated rings. The van der Waals surface area contributed by atoms with E-state index in [1.54, 1.807) is 12.3 Å². The predicted molar refractivity (Wildman–Crippen MR) is 149 cm³/mol. The molecule has 0 bridgehead atoms. The van der Waals surface area contributed by atoms with Crippen LogP contribution in [-0.2, 0) is 21.5 Å². The molecular formula is C30H36N6O4. The van der Waals surface area contributed by atoms with Gasteiger partial charge in [-0.1, -0.05) is 12.1 Å². The molecule has 0 unspecified atom stereocenters. The van der Waals surface area contributed by atoms with Gasteiger partial charge in [0.25, 0.3) is 11.8 Å². The fourth-order valence-electron chi connectivity index (χ4n) is 5.05. The van der Waals surface area contributed by atoms with Crippen molar-refractivity contribution in [3.8, 4) is 23.4 Å². The SMILES string of the molecule is CC(C)Oc1ncc(-c2nc(N3CC4(CC4)c4cc(CN(C)CCC(=O)OC(C)(C)C)ccc43)no2)cc1C#N. The van der Waals surface area contributed by atoms with Gasteiger partial charge in [-0.3, -0.25) is 4.79 Å². The quantitative estimate of drug-likeness (QED) is 0.335. The molecule has 0 amide bonds. The predicted octanol–water partition coefficient (Wildman–Crippen LogP) is 5.14. The molecule has 3 aromatic rings. The van der Waals surface area contributed by atoms with Gasteiger partial charge < -0.3 is 23.8 Å². The van der Waals surface area contributed by atoms with Gasteiger partial charge in [0.15, 0.2) is 0 Å². The van der Waals surface area contributed by atoms with Crippen LogP contribution in [0.4, 0.5) is 11.6 Å². The molecule has 1 aliphatic heterocycles. The minimum Gasteiger partial charge on any atom is -0.474 e. The van der Waals surface area contributed by atoms with Crippen LogP contribution in [0.25, 0.3) is 11.5 Å². The molecule has 1 saturated carbocycles. The third-order valence-electron chi connectivity index (χ3n) is 7.03. The summed E-state index contributed by atoms with van der Waals surface area (Å²) in [6.07, 6.45) is 4.08. The van der Waals surface area contributed by atoms with Crippen LogP contribution in [0.3, 0.4) is 0 Å². The molecule has 0 saturated heterocycles. The fraction of sp³-hybridized carbons (Fsp3) is 0.500. The van der Waals surface area contributed by atoms with E-state index in [1.807, 2.05) is 41.7 Å². The number of pyridine rings is 1. The molecule has 10 nitrogen and oxygen atoms in total. The van der Waals surface area contributed by atoms with Crippen LogP contribution in [0, 0.1) is 11.3 Å². The molecule has 210 valence electrons. The Morgan fingerprint density at radius 3 is 2.73 bits per heavy atom. The van der Waals surface area contributed by atoms with E-state index in [4.69, 9.17) is 14.0 Å². The van der Waals surface area contributed by atoms with E-state index in [9.17, 15) is 10.1 Å². The van der Waals surface area contributed by atoms with E-state index in [-0.39, 0.29) is 23.4 Å². The second-order valence-corrected chi connectivity index (χ2v) is 12.0. The Labute approximate surface area is 234 Å². The molecule has 1 aromatic carbocycles. The lowest BCUT2D eigenvalue weighted by molar-refractivity contribution is -0.155. The molecule has 0 atom stereocenters. The maximum atomic E-state index is 12.1. The topological polar surface area (TPSA) is 118 Å². The molecule has 1 spiro atoms. The van der Waals surface area contributed by atoms with Crippen molar-refractivity contribution in [1.29, 1.82) is 5.26 Å². The molecule has 2 aromatic heterocycles. The zero-order chi connectivity index (χ0) is 28.7. The maximum Gasteiger partial charge on any atom is 0.307 e. The number of ether oxygens (including phenoxy) is 2. The first kappa shape index (κ1) is 27.6. The summed E-state index contributed by atoms with van der Waals surface area (Å²) in [4.78, 5) is 25.3. The van der Waals surface area contributed by atoms with Crippen LogP contribution >= 0.6 is 0 Å². The monoisotopic (exact) mass is 544 g/mol. The van der Waals surface area contributed by atoms with Crippen molar-refractivity contribution >= 4 is 17.6 Å². The molecule has 5 rings (SSSR count). The molecule has 0 radical (unpaired) electrons. The number of carbonyl (C=O) groups excluding carboxylic acids is 1. The third kappa shape index (κ3) is 5.94. The Morgan fingerprint density at radius 2 is 2.05 bits per heavy atom. The number of fused-ring (bicyclic) bond motifs is 2. The van der Waals surface area contributed by atoms with Gasteiger partial charge >= 0.3 is 5.97 Å². The number of anilines is 2. The Kier molecular flexibility index (Phi) is 7.27. The zero-order valence-electron chi connectivity index (χ0n) is 24.0. The van der Waals surface area contributed by atoms with E-state index in [1.165, 1.54) is 11.1 Å². The largest absolute Gasteiger partial charge is 0.474 e. The summed E-state index contributed by atoms with van der Waals surface area (Å²) < 4.78 is 16.7. The number of hydrogen-bond acceptors (Lipinski definition) is 10. The molecule has 2 aliphatic rings. The van der Waals surface area contributed by atoms with Crippen molar-refractivity contribution in [1.82, 2.24) is 20.0 Å². The van der Waals surface area contributed by atoms with Gasteiger partial charge in [0.2, 0.25) is 5.88 Å². The number of hydrogen-bond donors (Lipinski definition) is 0. The standard InChI is InChI=1S/C30H36N6O4/c1-19(2)38-26-21(15-31)14-22(16-32-26)27-33-28(34-40-27)36-18-30(10-11-30)23-13-20(7-8-24(23)36)17-35(6)12-9-25(37)39-29(3,4)5/h7-8,13-14,16,19H,9-12,17-18H2,1-6H3. The lowest BCUT2D eigenvalue weighted by Gasteiger charge is -2.21. The van der Waals surface area contributed by atoms with E-state index in [0.717, 1.165) is 31.6 Å². The Bertz CT molecular complexity index is 1450. The number of esters is 1. The average molecular weight is 545 g/mol. The minimum absolute atomic E-state index is 0.0939. The summed E-state index contributed by atoms with van der Waals surface area (Å²) in [5.41, 5.74) is 4.11. The number of nitriles is 1. The van der Waals surface area contributed by atoms with Crippen molar-refractivity contribution in [2.24, 2.45) is 0 Å². The number of benzene rings is 1. The average Bonchev–Trinajstić information content (AvgIpc) is 3.37. The molecule has 3 heterocycles. The van der Waals surface area contributed by atoms with E-state index < -0.39 is 5.60 Å². The first-order valence-corrected chi connectivity index (χ1v) is 13.7. The Hall–Kier alpha value is -3.97. The molecule has 10 heteroatoms. The second-order valence-electron chi connectivity index (χ2n) is 12.0. The van der Waals surface area contributed by atoms with Crippen molar-refractivity contribution < 1.29 is 18.8 Å². The summed E-state index contributed by atoms with van der Waals surface area (Å²) in [7, 11) is 2.02. The number of aromatic nitrogens is 3. The van der Waals surface area contributed by atoms with Crippen LogP contribution in [0.15, 0.2) is 35.0 Å². The highest BCUT2D eigenvalue weighted by Crippen LogP contribution is 2.58. The lowest BCUT2D eigenvalue weighted by Crippen LogP contribution is -2.27. The van der Waals surface area contributed by atoms with Crippen molar-refractivity contribution in [2.45, 2.75) is 77.5 Å². The van der Waals surface area contributed by atoms with Crippen LogP contribution in [0.2, 0.25) is 0 Å². The normalized spacial score (nSPS) is 15.4. The van der Waals surface area contributed by atoms with E-state index in [2.05, 4.69) is 49.2 Å². The summed E-state index contributed by atoms with van der Waals surface area (Å²) in [5, 5.41) is 13.8. The smallest absolute Gasteiger partial charge is 0.307 e. The zero-order valence-corrected chi connectivity index (χ0v) is 24.0. The lowest BCUT2D eigenvalue weighted by atomic mass is 9.96. The van der Waals surface area contributed by atoms with Gasteiger partial charge in [0.05, 0.1) is 18.1 Å². The maximum absolute atomic E-state index is 12.1. The van der Waals surface area contributed by atoms with Gasteiger partial charge in [0, 0.05) is 36.9 Å². The van der Waals surface area contributed by atoms with Gasteiger partial charge in [-0.2, -0.15) is 10.2 Å². The van der Waals surface area contributed by atoms with Gasteiger partial charge in [-0.15, -0.1) is 0 Å². The fourth-order valence-corrected chi connectivity index (χ4v) is 5.05. The number of rotatable bonds is 9. The highest BCUT2D eigenvalue weighted by atomic mass is 16.6. The molecule has 40 heavy (non-hydrogen) atoms. The second kappa shape index (κ2) is 10.5. The minimum atomic E-state index is -0.469. The van der Waals surface area contributed by atoms with Gasteiger partial charge in [0.1, 0.15) is 17.2 Å². The van der Waals surface area contributed by atoms with Crippen LogP contribution in [0.1, 0.15) is 70.6 Å². The van der Waals surface area contributed by atoms with Gasteiger partial charge in [-0.05, 0) is 82.9 Å². The summed E-state index contributed by atoms with van der Waals surface area (Å²) in [6, 6.07) is 10.3. The van der Waals surface area contributed by atoms with Crippen LogP contribution in [0.5, 0.6) is 5.88 Å². The summed E-state index contributed by atoms with van der Waals surface area (Å²) in [5.74, 6) is 0.899. The molecular weight excluding hydrogens is 508 g/mol. The first-order chi connectivity index (χ1) is 19.0. The number of carbonyl (C=O) groups is 1. The highest BCUT2D eigenvalue weighted by Gasteiger charge is 2.52. The Morgan fingerprint density at radius 1 is 1.27 bits per heavy atom. The van der Waals surface area contributed by atoms with Crippen LogP contribution < -0.4 is 9.64 Å². The van der Waals surface area contributed by atoms with Crippen molar-refractivity contribution in [3.63, 3.8) is 0 Å². The third-order valence-corrected chi connectivity index (χ3v) is 7.03.